The lowest BCUT2D eigenvalue weighted by Gasteiger charge is -2.37. The maximum Gasteiger partial charge on any atom is 0.407 e. The number of rotatable bonds is 7. The van der Waals surface area contributed by atoms with Gasteiger partial charge in [-0.2, -0.15) is 0 Å². The molecule has 3 aromatic heterocycles. The maximum atomic E-state index is 14.3. The zero-order chi connectivity index (χ0) is 31.8. The second-order valence-electron chi connectivity index (χ2n) is 14.2. The topological polar surface area (TPSA) is 107 Å². The molecule has 11 nitrogen and oxygen atoms in total. The number of benzene rings is 1. The summed E-state index contributed by atoms with van der Waals surface area (Å²) in [5.74, 6) is 2.10. The second-order valence-corrected chi connectivity index (χ2v) is 14.2. The molecule has 2 aliphatic carbocycles. The summed E-state index contributed by atoms with van der Waals surface area (Å²) in [5, 5.41) is 4.18. The lowest BCUT2D eigenvalue weighted by Crippen LogP contribution is -2.54. The maximum absolute atomic E-state index is 14.3. The summed E-state index contributed by atoms with van der Waals surface area (Å²) in [5.41, 5.74) is 3.41. The van der Waals surface area contributed by atoms with Crippen LogP contribution in [-0.2, 0) is 18.3 Å². The number of aryl methyl sites for hydroxylation is 1. The number of methoxy groups -OCH3 is 1. The number of likely N-dealkylation sites (N-methyl/N-ethyl adjacent to an activating group) is 1. The van der Waals surface area contributed by atoms with Crippen molar-refractivity contribution in [2.45, 2.75) is 70.3 Å². The minimum Gasteiger partial charge on any atom is -0.494 e. The van der Waals surface area contributed by atoms with E-state index in [1.165, 1.54) is 12.8 Å². The Hall–Kier alpha value is -4.12. The fraction of sp³-hybridized carbons (Fsp3) is 0.529. The number of alkyl carbamates (subject to hydrolysis) is 1. The van der Waals surface area contributed by atoms with Gasteiger partial charge in [-0.05, 0) is 90.4 Å². The smallest absolute Gasteiger partial charge is 0.407 e. The van der Waals surface area contributed by atoms with Crippen LogP contribution in [0.5, 0.6) is 5.75 Å². The van der Waals surface area contributed by atoms with Crippen molar-refractivity contribution in [2.24, 2.45) is 18.9 Å². The van der Waals surface area contributed by atoms with Gasteiger partial charge in [-0.15, -0.1) is 0 Å². The lowest BCUT2D eigenvalue weighted by molar-refractivity contribution is 0.0462. The van der Waals surface area contributed by atoms with Crippen molar-refractivity contribution >= 4 is 34.1 Å². The number of ether oxygens (including phenoxy) is 2. The molecule has 3 aliphatic rings. The van der Waals surface area contributed by atoms with Crippen LogP contribution in [0, 0.1) is 11.8 Å². The van der Waals surface area contributed by atoms with E-state index in [1.807, 2.05) is 71.2 Å². The van der Waals surface area contributed by atoms with Crippen molar-refractivity contribution in [3.63, 3.8) is 0 Å². The summed E-state index contributed by atoms with van der Waals surface area (Å²) in [7, 11) is 7.68. The number of imidazole rings is 1. The summed E-state index contributed by atoms with van der Waals surface area (Å²) in [6, 6.07) is 9.65. The molecule has 0 unspecified atom stereocenters. The van der Waals surface area contributed by atoms with Crippen LogP contribution in [0.15, 0.2) is 36.5 Å². The molecule has 238 valence electrons. The number of hydrogen-bond acceptors (Lipinski definition) is 7. The lowest BCUT2D eigenvalue weighted by atomic mass is 10.0. The average Bonchev–Trinajstić information content (AvgIpc) is 3.36. The molecule has 0 spiro atoms. The Morgan fingerprint density at radius 2 is 1.93 bits per heavy atom. The molecule has 1 aliphatic heterocycles. The van der Waals surface area contributed by atoms with Crippen LogP contribution in [0.25, 0.3) is 33.6 Å². The first kappa shape index (κ1) is 29.6. The average molecular weight is 614 g/mol. The number of fused-ring (bicyclic) bond motifs is 4. The molecule has 0 radical (unpaired) electrons. The van der Waals surface area contributed by atoms with Gasteiger partial charge >= 0.3 is 6.09 Å². The molecule has 1 N–H and O–H groups in total. The molecule has 7 rings (SSSR count). The van der Waals surface area contributed by atoms with E-state index in [0.29, 0.717) is 29.3 Å². The summed E-state index contributed by atoms with van der Waals surface area (Å²) in [6.07, 6.45) is 4.75. The van der Waals surface area contributed by atoms with Gasteiger partial charge in [0.2, 0.25) is 0 Å². The number of nitrogens with zero attached hydrogens (tertiary/aromatic N) is 6. The highest BCUT2D eigenvalue weighted by Crippen LogP contribution is 2.42. The van der Waals surface area contributed by atoms with E-state index in [2.05, 4.69) is 31.5 Å². The normalized spacial score (nSPS) is 23.0. The molecule has 45 heavy (non-hydrogen) atoms. The highest BCUT2D eigenvalue weighted by atomic mass is 16.6. The van der Waals surface area contributed by atoms with E-state index in [4.69, 9.17) is 19.4 Å². The Bertz CT molecular complexity index is 1800. The number of hydrogen-bond donors (Lipinski definition) is 1. The first-order valence-corrected chi connectivity index (χ1v) is 15.9. The zero-order valence-electron chi connectivity index (χ0n) is 27.2. The molecular formula is C34H43N7O4. The second kappa shape index (κ2) is 10.8. The largest absolute Gasteiger partial charge is 0.494 e. The molecule has 2 amide bonds. The van der Waals surface area contributed by atoms with Crippen LogP contribution in [0.1, 0.15) is 50.4 Å². The molecule has 1 saturated heterocycles. The van der Waals surface area contributed by atoms with Crippen LogP contribution in [0.3, 0.4) is 0 Å². The SMILES string of the molecule is COc1cc(C(=O)N2C[C@H]3C[C@H](N(C)C)[C@@H]2[C@@H]3NC(=O)OC(C)(C)C)cc2nc(-c3cc4cccnc4n3CC3CC3)n(C)c12. The molecule has 3 fully saturated rings. The highest BCUT2D eigenvalue weighted by Gasteiger charge is 2.55. The minimum absolute atomic E-state index is 0.0931. The molecular weight excluding hydrogens is 570 g/mol. The van der Waals surface area contributed by atoms with Crippen molar-refractivity contribution in [3.8, 4) is 17.3 Å². The molecule has 4 atom stereocenters. The van der Waals surface area contributed by atoms with Gasteiger partial charge in [0, 0.05) is 49.2 Å². The van der Waals surface area contributed by atoms with E-state index in [9.17, 15) is 9.59 Å². The van der Waals surface area contributed by atoms with Crippen LogP contribution in [0.4, 0.5) is 4.79 Å². The van der Waals surface area contributed by atoms with Gasteiger partial charge in [0.1, 0.15) is 22.5 Å². The third-order valence-electron chi connectivity index (χ3n) is 9.64. The van der Waals surface area contributed by atoms with E-state index >= 15 is 0 Å². The van der Waals surface area contributed by atoms with Crippen LogP contribution in [-0.4, -0.2) is 92.4 Å². The molecule has 2 saturated carbocycles. The monoisotopic (exact) mass is 613 g/mol. The predicted octanol–water partition coefficient (Wildman–Crippen LogP) is 4.68. The summed E-state index contributed by atoms with van der Waals surface area (Å²) < 4.78 is 15.8. The quantitative estimate of drug-likeness (QED) is 0.323. The number of piperidine rings is 1. The Morgan fingerprint density at radius 1 is 1.16 bits per heavy atom. The Labute approximate surface area is 263 Å². The van der Waals surface area contributed by atoms with Crippen molar-refractivity contribution in [1.29, 1.82) is 0 Å². The Kier molecular flexibility index (Phi) is 7.07. The number of likely N-dealkylation sites (tertiary alicyclic amines) is 1. The summed E-state index contributed by atoms with van der Waals surface area (Å²) >= 11 is 0. The number of carbonyl (C=O) groups is 2. The number of pyridine rings is 1. The molecule has 1 aromatic carbocycles. The van der Waals surface area contributed by atoms with Gasteiger partial charge in [0.15, 0.2) is 5.82 Å². The van der Waals surface area contributed by atoms with E-state index < -0.39 is 11.7 Å². The highest BCUT2D eigenvalue weighted by molar-refractivity contribution is 6.00. The molecule has 4 heterocycles. The third kappa shape index (κ3) is 5.20. The van der Waals surface area contributed by atoms with Gasteiger partial charge in [-0.3, -0.25) is 4.79 Å². The van der Waals surface area contributed by atoms with Crippen LogP contribution < -0.4 is 10.1 Å². The summed E-state index contributed by atoms with van der Waals surface area (Å²) in [4.78, 5) is 41.0. The first-order valence-electron chi connectivity index (χ1n) is 15.9. The number of amides is 2. The third-order valence-corrected chi connectivity index (χ3v) is 9.64. The predicted molar refractivity (Wildman–Crippen MR) is 172 cm³/mol. The zero-order valence-corrected chi connectivity index (χ0v) is 27.2. The molecule has 2 bridgehead atoms. The summed E-state index contributed by atoms with van der Waals surface area (Å²) in [6.45, 7) is 7.03. The minimum atomic E-state index is -0.603. The fourth-order valence-electron chi connectivity index (χ4n) is 7.46. The Balaban J connectivity index is 1.24. The van der Waals surface area contributed by atoms with Crippen LogP contribution >= 0.6 is 0 Å². The fourth-order valence-corrected chi connectivity index (χ4v) is 7.46. The standard InChI is InChI=1S/C34H43N7O4/c1-34(2,3)45-33(43)37-27-22-15-24(38(4)5)29(27)41(18-22)32(42)21-13-23-28(26(16-21)44-7)39(6)31(36-23)25-14-20-9-8-12-35-30(20)40(25)17-19-10-11-19/h8-9,12-14,16,19,22,24,27,29H,10-11,15,17-18H2,1-7H3,(H,37,43)/t22-,24+,27-,29-/m1/s1. The van der Waals surface area contributed by atoms with Crippen LogP contribution in [0.2, 0.25) is 0 Å². The van der Waals surface area contributed by atoms with E-state index in [-0.39, 0.29) is 30.0 Å². The van der Waals surface area contributed by atoms with Crippen molar-refractivity contribution in [3.05, 3.63) is 42.1 Å². The Morgan fingerprint density at radius 3 is 2.62 bits per heavy atom. The van der Waals surface area contributed by atoms with Gasteiger partial charge in [-0.25, -0.2) is 14.8 Å². The van der Waals surface area contributed by atoms with E-state index in [1.54, 1.807) is 7.11 Å². The number of nitrogens with one attached hydrogen (secondary N) is 1. The van der Waals surface area contributed by atoms with Crippen molar-refractivity contribution < 1.29 is 19.1 Å². The van der Waals surface area contributed by atoms with Crippen molar-refractivity contribution in [2.75, 3.05) is 27.7 Å². The van der Waals surface area contributed by atoms with Gasteiger partial charge in [0.25, 0.3) is 5.91 Å². The van der Waals surface area contributed by atoms with Gasteiger partial charge < -0.3 is 33.7 Å². The number of carbonyl (C=O) groups excluding carboxylic acids is 2. The van der Waals surface area contributed by atoms with Crippen molar-refractivity contribution in [1.82, 2.24) is 34.2 Å². The molecule has 11 heteroatoms. The first-order chi connectivity index (χ1) is 21.4. The number of aromatic nitrogens is 4. The van der Waals surface area contributed by atoms with Gasteiger partial charge in [0.05, 0.1) is 30.4 Å². The van der Waals surface area contributed by atoms with Gasteiger partial charge in [-0.1, -0.05) is 0 Å². The molecule has 4 aromatic rings. The van der Waals surface area contributed by atoms with E-state index in [0.717, 1.165) is 41.0 Å².